The molecule has 9 heteroatoms. The van der Waals surface area contributed by atoms with Crippen LogP contribution in [0.5, 0.6) is 5.88 Å². The Hall–Kier alpha value is -3.10. The number of cyclic esters (lactones) is 2. The third-order valence-corrected chi connectivity index (χ3v) is 5.82. The summed E-state index contributed by atoms with van der Waals surface area (Å²) in [6.45, 7) is 5.52. The van der Waals surface area contributed by atoms with Crippen molar-refractivity contribution in [3.8, 4) is 5.88 Å². The second-order valence-electron chi connectivity index (χ2n) is 9.25. The van der Waals surface area contributed by atoms with Gasteiger partial charge >= 0.3 is 12.2 Å². The monoisotopic (exact) mass is 443 g/mol. The second-order valence-corrected chi connectivity index (χ2v) is 9.25. The third kappa shape index (κ3) is 4.87. The van der Waals surface area contributed by atoms with Gasteiger partial charge in [0.25, 0.3) is 0 Å². The van der Waals surface area contributed by atoms with E-state index in [1.54, 1.807) is 19.4 Å². The number of alkyl carbamates (subject to hydrolysis) is 1. The summed E-state index contributed by atoms with van der Waals surface area (Å²) in [5.41, 5.74) is 1.53. The highest BCUT2D eigenvalue weighted by Crippen LogP contribution is 2.41. The molecule has 1 aliphatic carbocycles. The van der Waals surface area contributed by atoms with Crippen molar-refractivity contribution in [3.05, 3.63) is 30.0 Å². The lowest BCUT2D eigenvalue weighted by Gasteiger charge is -2.33. The number of aromatic nitrogens is 2. The van der Waals surface area contributed by atoms with E-state index in [-0.39, 0.29) is 12.0 Å². The molecule has 9 nitrogen and oxygen atoms in total. The lowest BCUT2D eigenvalue weighted by atomic mass is 9.80. The van der Waals surface area contributed by atoms with E-state index in [0.717, 1.165) is 31.2 Å². The number of hydrogen-bond donors (Lipinski definition) is 1. The standard InChI is InChI=1S/C23H29N3O6/c1-23(2,3)32-21(27)25-14-7-5-13(6-8-14)19-20(31-22(28)30-19)15-11-12-24-16-9-10-17(29-4)26-18(15)16/h9-14,19-20H,5-8H2,1-4H3,(H,25,27)/t13-,14-,19-,20-/m1/s1. The molecule has 0 radical (unpaired) electrons. The number of fused-ring (bicyclic) bond motifs is 1. The quantitative estimate of drug-likeness (QED) is 0.697. The number of methoxy groups -OCH3 is 1. The van der Waals surface area contributed by atoms with Gasteiger partial charge in [0, 0.05) is 29.8 Å². The Labute approximate surface area is 186 Å². The van der Waals surface area contributed by atoms with Crippen LogP contribution in [0.25, 0.3) is 11.0 Å². The minimum Gasteiger partial charge on any atom is -0.481 e. The molecule has 1 amide bonds. The van der Waals surface area contributed by atoms with Gasteiger partial charge in [-0.25, -0.2) is 14.6 Å². The predicted molar refractivity (Wildman–Crippen MR) is 115 cm³/mol. The molecule has 32 heavy (non-hydrogen) atoms. The first-order valence-electron chi connectivity index (χ1n) is 10.9. The van der Waals surface area contributed by atoms with Crippen molar-refractivity contribution in [1.29, 1.82) is 0 Å². The molecule has 1 aliphatic heterocycles. The number of carbonyl (C=O) groups excluding carboxylic acids is 2. The number of amides is 1. The SMILES string of the molecule is COc1ccc2nccc([C@H]3OC(=O)O[C@@H]3[C@H]3CC[C@H](NC(=O)OC(C)(C)C)CC3)c2n1. The summed E-state index contributed by atoms with van der Waals surface area (Å²) in [6, 6.07) is 5.41. The van der Waals surface area contributed by atoms with Crippen LogP contribution in [-0.4, -0.2) is 47.1 Å². The highest BCUT2D eigenvalue weighted by atomic mass is 16.8. The van der Waals surface area contributed by atoms with Crippen molar-refractivity contribution in [2.75, 3.05) is 7.11 Å². The van der Waals surface area contributed by atoms with E-state index in [4.69, 9.17) is 18.9 Å². The molecule has 2 aromatic heterocycles. The molecule has 172 valence electrons. The second kappa shape index (κ2) is 8.80. The smallest absolute Gasteiger partial charge is 0.481 e. The average molecular weight is 444 g/mol. The summed E-state index contributed by atoms with van der Waals surface area (Å²) in [6.07, 6.45) is 2.71. The molecule has 0 bridgehead atoms. The Kier molecular flexibility index (Phi) is 6.08. The van der Waals surface area contributed by atoms with Crippen molar-refractivity contribution in [1.82, 2.24) is 15.3 Å². The van der Waals surface area contributed by atoms with Crippen molar-refractivity contribution in [2.24, 2.45) is 5.92 Å². The van der Waals surface area contributed by atoms with E-state index < -0.39 is 30.1 Å². The Bertz CT molecular complexity index is 997. The van der Waals surface area contributed by atoms with E-state index in [0.29, 0.717) is 16.9 Å². The van der Waals surface area contributed by atoms with E-state index in [2.05, 4.69) is 15.3 Å². The van der Waals surface area contributed by atoms with Gasteiger partial charge in [0.15, 0.2) is 6.10 Å². The lowest BCUT2D eigenvalue weighted by molar-refractivity contribution is 0.0436. The van der Waals surface area contributed by atoms with Crippen LogP contribution in [0.1, 0.15) is 58.1 Å². The first kappa shape index (κ1) is 22.1. The minimum absolute atomic E-state index is 0.0326. The Morgan fingerprint density at radius 2 is 1.88 bits per heavy atom. The summed E-state index contributed by atoms with van der Waals surface area (Å²) in [4.78, 5) is 33.1. The number of nitrogens with zero attached hydrogens (tertiary/aromatic N) is 2. The van der Waals surface area contributed by atoms with Crippen LogP contribution >= 0.6 is 0 Å². The summed E-state index contributed by atoms with van der Waals surface area (Å²) in [5.74, 6) is 0.569. The lowest BCUT2D eigenvalue weighted by Crippen LogP contribution is -2.42. The van der Waals surface area contributed by atoms with Gasteiger partial charge in [0.1, 0.15) is 11.7 Å². The number of hydrogen-bond acceptors (Lipinski definition) is 8. The minimum atomic E-state index is -0.679. The van der Waals surface area contributed by atoms with Gasteiger partial charge in [-0.3, -0.25) is 4.98 Å². The fraction of sp³-hybridized carbons (Fsp3) is 0.565. The molecule has 2 aliphatic rings. The highest BCUT2D eigenvalue weighted by molar-refractivity contribution is 5.79. The molecule has 2 atom stereocenters. The van der Waals surface area contributed by atoms with Crippen LogP contribution in [0.2, 0.25) is 0 Å². The topological polar surface area (TPSA) is 109 Å². The summed E-state index contributed by atoms with van der Waals surface area (Å²) in [5, 5.41) is 2.94. The molecule has 4 rings (SSSR count). The van der Waals surface area contributed by atoms with E-state index in [1.807, 2.05) is 32.9 Å². The number of ether oxygens (including phenoxy) is 4. The predicted octanol–water partition coefficient (Wildman–Crippen LogP) is 4.30. The van der Waals surface area contributed by atoms with Crippen LogP contribution in [0, 0.1) is 5.92 Å². The number of carbonyl (C=O) groups is 2. The zero-order valence-electron chi connectivity index (χ0n) is 18.8. The fourth-order valence-corrected chi connectivity index (χ4v) is 4.39. The molecular formula is C23H29N3O6. The normalized spacial score (nSPS) is 25.7. The van der Waals surface area contributed by atoms with Crippen molar-refractivity contribution < 1.29 is 28.5 Å². The molecule has 0 spiro atoms. The van der Waals surface area contributed by atoms with Gasteiger partial charge in [-0.15, -0.1) is 0 Å². The van der Waals surface area contributed by atoms with Crippen molar-refractivity contribution in [2.45, 2.75) is 70.3 Å². The Balaban J connectivity index is 1.47. The third-order valence-electron chi connectivity index (χ3n) is 5.82. The maximum absolute atomic E-state index is 12.1. The van der Waals surface area contributed by atoms with Gasteiger partial charge in [0.05, 0.1) is 18.1 Å². The zero-order chi connectivity index (χ0) is 22.9. The van der Waals surface area contributed by atoms with Gasteiger partial charge < -0.3 is 24.3 Å². The average Bonchev–Trinajstić information content (AvgIpc) is 3.13. The maximum atomic E-state index is 12.1. The molecule has 1 saturated heterocycles. The molecule has 1 N–H and O–H groups in total. The van der Waals surface area contributed by atoms with Gasteiger partial charge in [-0.05, 0) is 58.6 Å². The summed E-state index contributed by atoms with van der Waals surface area (Å²) < 4.78 is 21.8. The highest BCUT2D eigenvalue weighted by Gasteiger charge is 2.45. The summed E-state index contributed by atoms with van der Waals surface area (Å²) in [7, 11) is 1.55. The summed E-state index contributed by atoms with van der Waals surface area (Å²) >= 11 is 0. The first-order valence-corrected chi connectivity index (χ1v) is 10.9. The van der Waals surface area contributed by atoms with Gasteiger partial charge in [-0.2, -0.15) is 0 Å². The maximum Gasteiger partial charge on any atom is 0.509 e. The Morgan fingerprint density at radius 3 is 2.56 bits per heavy atom. The Morgan fingerprint density at radius 1 is 1.12 bits per heavy atom. The van der Waals surface area contributed by atoms with Crippen LogP contribution in [0.4, 0.5) is 9.59 Å². The van der Waals surface area contributed by atoms with Gasteiger partial charge in [0.2, 0.25) is 5.88 Å². The van der Waals surface area contributed by atoms with Crippen molar-refractivity contribution >= 4 is 23.3 Å². The van der Waals surface area contributed by atoms with E-state index >= 15 is 0 Å². The zero-order valence-corrected chi connectivity index (χ0v) is 18.8. The van der Waals surface area contributed by atoms with Gasteiger partial charge in [-0.1, -0.05) is 0 Å². The van der Waals surface area contributed by atoms with Crippen LogP contribution in [0.15, 0.2) is 24.4 Å². The van der Waals surface area contributed by atoms with Crippen LogP contribution in [0.3, 0.4) is 0 Å². The van der Waals surface area contributed by atoms with Crippen LogP contribution in [-0.2, 0) is 14.2 Å². The van der Waals surface area contributed by atoms with E-state index in [1.165, 1.54) is 0 Å². The molecular weight excluding hydrogens is 414 g/mol. The first-order chi connectivity index (χ1) is 15.2. The van der Waals surface area contributed by atoms with Crippen molar-refractivity contribution in [3.63, 3.8) is 0 Å². The molecule has 1 saturated carbocycles. The largest absolute Gasteiger partial charge is 0.509 e. The molecule has 3 heterocycles. The molecule has 0 aromatic carbocycles. The molecule has 0 unspecified atom stereocenters. The molecule has 2 fully saturated rings. The fourth-order valence-electron chi connectivity index (χ4n) is 4.39. The number of rotatable bonds is 4. The van der Waals surface area contributed by atoms with Crippen LogP contribution < -0.4 is 10.1 Å². The number of pyridine rings is 2. The van der Waals surface area contributed by atoms with E-state index in [9.17, 15) is 9.59 Å². The number of nitrogens with one attached hydrogen (secondary N) is 1. The molecule has 2 aromatic rings.